The fraction of sp³-hybridized carbons (Fsp3) is 0.368. The van der Waals surface area contributed by atoms with Crippen molar-refractivity contribution in [3.05, 3.63) is 65.5 Å². The average Bonchev–Trinajstić information content (AvgIpc) is 2.58. The van der Waals surface area contributed by atoms with Gasteiger partial charge in [-0.1, -0.05) is 49.7 Å². The third-order valence-electron chi connectivity index (χ3n) is 3.88. The maximum absolute atomic E-state index is 12.3. The first-order valence-electron chi connectivity index (χ1n) is 8.17. The van der Waals surface area contributed by atoms with Crippen LogP contribution in [0.15, 0.2) is 48.7 Å². The van der Waals surface area contributed by atoms with Crippen molar-refractivity contribution >= 4 is 6.03 Å². The number of pyridine rings is 1. The van der Waals surface area contributed by atoms with Gasteiger partial charge in [-0.2, -0.15) is 0 Å². The Hall–Kier alpha value is -2.40. The minimum atomic E-state index is -0.567. The number of rotatable bonds is 6. The normalized spacial score (nSPS) is 13.4. The van der Waals surface area contributed by atoms with Crippen LogP contribution < -0.4 is 10.6 Å². The van der Waals surface area contributed by atoms with Gasteiger partial charge in [0.15, 0.2) is 0 Å². The van der Waals surface area contributed by atoms with E-state index in [1.165, 1.54) is 0 Å². The number of hydrogen-bond donors (Lipinski definition) is 3. The Morgan fingerprint density at radius 2 is 2.00 bits per heavy atom. The minimum absolute atomic E-state index is 0.0914. The number of amides is 2. The van der Waals surface area contributed by atoms with Crippen LogP contribution in [0, 0.1) is 12.8 Å². The molecule has 2 amide bonds. The lowest BCUT2D eigenvalue weighted by Gasteiger charge is -2.21. The molecule has 1 heterocycles. The van der Waals surface area contributed by atoms with Gasteiger partial charge in [0.1, 0.15) is 0 Å². The van der Waals surface area contributed by atoms with Gasteiger partial charge >= 0.3 is 6.03 Å². The van der Waals surface area contributed by atoms with Crippen LogP contribution in [0.25, 0.3) is 0 Å². The summed E-state index contributed by atoms with van der Waals surface area (Å²) < 4.78 is 0. The number of carbonyl (C=O) groups is 1. The molecule has 0 aliphatic heterocycles. The monoisotopic (exact) mass is 327 g/mol. The lowest BCUT2D eigenvalue weighted by atomic mass is 10.0. The number of nitrogens with one attached hydrogen (secondary N) is 2. The molecule has 2 unspecified atom stereocenters. The van der Waals surface area contributed by atoms with E-state index in [-0.39, 0.29) is 24.5 Å². The molecular weight excluding hydrogens is 302 g/mol. The molecule has 2 atom stereocenters. The Kier molecular flexibility index (Phi) is 6.32. The molecule has 2 aromatic rings. The van der Waals surface area contributed by atoms with Crippen molar-refractivity contribution in [3.63, 3.8) is 0 Å². The minimum Gasteiger partial charge on any atom is -0.391 e. The molecule has 1 aromatic carbocycles. The highest BCUT2D eigenvalue weighted by molar-refractivity contribution is 5.75. The van der Waals surface area contributed by atoms with E-state index >= 15 is 0 Å². The van der Waals surface area contributed by atoms with E-state index in [0.717, 1.165) is 16.8 Å². The smallest absolute Gasteiger partial charge is 0.315 e. The Morgan fingerprint density at radius 3 is 2.62 bits per heavy atom. The van der Waals surface area contributed by atoms with Crippen molar-refractivity contribution in [1.29, 1.82) is 0 Å². The predicted octanol–water partition coefficient (Wildman–Crippen LogP) is 2.80. The number of nitrogens with zero attached hydrogens (tertiary/aromatic N) is 1. The molecule has 1 aromatic heterocycles. The number of aliphatic hydroxyl groups is 1. The maximum atomic E-state index is 12.3. The molecule has 24 heavy (non-hydrogen) atoms. The van der Waals surface area contributed by atoms with Crippen molar-refractivity contribution in [2.24, 2.45) is 5.92 Å². The molecule has 2 rings (SSSR count). The summed E-state index contributed by atoms with van der Waals surface area (Å²) in [6.07, 6.45) is 1.14. The average molecular weight is 327 g/mol. The molecule has 0 saturated carbocycles. The van der Waals surface area contributed by atoms with Gasteiger partial charge in [-0.15, -0.1) is 0 Å². The topological polar surface area (TPSA) is 74.2 Å². The Bertz CT molecular complexity index is 659. The van der Waals surface area contributed by atoms with Gasteiger partial charge in [-0.05, 0) is 30.5 Å². The van der Waals surface area contributed by atoms with E-state index in [4.69, 9.17) is 0 Å². The van der Waals surface area contributed by atoms with Crippen LogP contribution in [0.4, 0.5) is 4.79 Å². The molecule has 128 valence electrons. The van der Waals surface area contributed by atoms with E-state index in [9.17, 15) is 9.90 Å². The first kappa shape index (κ1) is 17.9. The second-order valence-electron chi connectivity index (χ2n) is 6.27. The molecular formula is C19H25N3O2. The summed E-state index contributed by atoms with van der Waals surface area (Å²) in [6.45, 7) is 6.05. The molecule has 5 nitrogen and oxygen atoms in total. The Morgan fingerprint density at radius 1 is 1.21 bits per heavy atom. The van der Waals surface area contributed by atoms with Crippen LogP contribution in [-0.2, 0) is 0 Å². The lowest BCUT2D eigenvalue weighted by Crippen LogP contribution is -2.42. The molecule has 0 fully saturated rings. The molecule has 0 aliphatic carbocycles. The highest BCUT2D eigenvalue weighted by Gasteiger charge is 2.19. The summed E-state index contributed by atoms with van der Waals surface area (Å²) in [4.78, 5) is 16.6. The Balaban J connectivity index is 2.14. The van der Waals surface area contributed by atoms with Gasteiger partial charge in [0, 0.05) is 12.7 Å². The second-order valence-corrected chi connectivity index (χ2v) is 6.27. The van der Waals surface area contributed by atoms with Crippen LogP contribution in [-0.4, -0.2) is 28.8 Å². The molecule has 0 radical (unpaired) electrons. The first-order chi connectivity index (χ1) is 11.5. The quantitative estimate of drug-likeness (QED) is 0.764. The fourth-order valence-corrected chi connectivity index (χ4v) is 2.34. The van der Waals surface area contributed by atoms with Crippen molar-refractivity contribution in [2.75, 3.05) is 6.54 Å². The molecule has 0 aliphatic rings. The summed E-state index contributed by atoms with van der Waals surface area (Å²) in [5.41, 5.74) is 2.85. The van der Waals surface area contributed by atoms with E-state index in [2.05, 4.69) is 15.6 Å². The van der Waals surface area contributed by atoms with Crippen LogP contribution in [0.5, 0.6) is 0 Å². The summed E-state index contributed by atoms with van der Waals surface area (Å²) >= 11 is 0. The van der Waals surface area contributed by atoms with E-state index in [1.54, 1.807) is 6.20 Å². The maximum Gasteiger partial charge on any atom is 0.315 e. The number of urea groups is 1. The first-order valence-corrected chi connectivity index (χ1v) is 8.17. The van der Waals surface area contributed by atoms with E-state index in [1.807, 2.05) is 63.2 Å². The highest BCUT2D eigenvalue weighted by atomic mass is 16.3. The van der Waals surface area contributed by atoms with Crippen LogP contribution in [0.1, 0.15) is 36.7 Å². The zero-order valence-corrected chi connectivity index (χ0v) is 14.4. The van der Waals surface area contributed by atoms with Gasteiger partial charge in [0.2, 0.25) is 0 Å². The number of benzene rings is 1. The fourth-order valence-electron chi connectivity index (χ4n) is 2.34. The van der Waals surface area contributed by atoms with Gasteiger partial charge < -0.3 is 15.7 Å². The van der Waals surface area contributed by atoms with Crippen molar-refractivity contribution in [2.45, 2.75) is 32.9 Å². The molecule has 5 heteroatoms. The second kappa shape index (κ2) is 8.45. The highest BCUT2D eigenvalue weighted by Crippen LogP contribution is 2.21. The van der Waals surface area contributed by atoms with Crippen LogP contribution in [0.3, 0.4) is 0 Å². The van der Waals surface area contributed by atoms with Crippen molar-refractivity contribution < 1.29 is 9.90 Å². The standard InChI is InChI=1S/C19H25N3O2/c1-13(2)17(23)12-21-19(24)22-18(16-9-4-5-10-20-16)15-8-6-7-14(3)11-15/h4-11,13,17-18,23H,12H2,1-3H3,(H2,21,22,24). The van der Waals surface area contributed by atoms with Gasteiger partial charge in [0.05, 0.1) is 17.8 Å². The number of aromatic nitrogens is 1. The molecule has 0 bridgehead atoms. The Labute approximate surface area is 143 Å². The number of carbonyl (C=O) groups excluding carboxylic acids is 1. The lowest BCUT2D eigenvalue weighted by molar-refractivity contribution is 0.125. The zero-order chi connectivity index (χ0) is 17.5. The van der Waals surface area contributed by atoms with Crippen molar-refractivity contribution in [1.82, 2.24) is 15.6 Å². The van der Waals surface area contributed by atoms with Gasteiger partial charge in [-0.25, -0.2) is 4.79 Å². The largest absolute Gasteiger partial charge is 0.391 e. The van der Waals surface area contributed by atoms with Gasteiger partial charge in [0.25, 0.3) is 0 Å². The summed E-state index contributed by atoms with van der Waals surface area (Å²) in [7, 11) is 0. The number of hydrogen-bond acceptors (Lipinski definition) is 3. The summed E-state index contributed by atoms with van der Waals surface area (Å²) in [5, 5.41) is 15.5. The van der Waals surface area contributed by atoms with Gasteiger partial charge in [-0.3, -0.25) is 4.98 Å². The molecule has 3 N–H and O–H groups in total. The number of aryl methyl sites for hydroxylation is 1. The van der Waals surface area contributed by atoms with Crippen LogP contribution >= 0.6 is 0 Å². The summed E-state index contributed by atoms with van der Waals surface area (Å²) in [6, 6.07) is 12.9. The SMILES string of the molecule is Cc1cccc(C(NC(=O)NCC(O)C(C)C)c2ccccn2)c1. The molecule has 0 saturated heterocycles. The van der Waals surface area contributed by atoms with E-state index in [0.29, 0.717) is 0 Å². The van der Waals surface area contributed by atoms with E-state index < -0.39 is 6.10 Å². The zero-order valence-electron chi connectivity index (χ0n) is 14.4. The third-order valence-corrected chi connectivity index (χ3v) is 3.88. The predicted molar refractivity (Wildman–Crippen MR) is 94.6 cm³/mol. The van der Waals surface area contributed by atoms with Crippen LogP contribution in [0.2, 0.25) is 0 Å². The third kappa shape index (κ3) is 5.06. The van der Waals surface area contributed by atoms with Crippen molar-refractivity contribution in [3.8, 4) is 0 Å². The molecule has 0 spiro atoms. The summed E-state index contributed by atoms with van der Waals surface area (Å²) in [5.74, 6) is 0.0914. The number of aliphatic hydroxyl groups excluding tert-OH is 1.